The molecule has 0 aromatic heterocycles. The second-order valence-electron chi connectivity index (χ2n) is 4.56. The maximum Gasteiger partial charge on any atom is 0.401 e. The molecule has 0 radical (unpaired) electrons. The average molecular weight is 222 g/mol. The van der Waals surface area contributed by atoms with Crippen LogP contribution >= 0.6 is 0 Å². The molecular weight excluding hydrogens is 205 g/mol. The lowest BCUT2D eigenvalue weighted by Crippen LogP contribution is -2.48. The Labute approximate surface area is 87.8 Å². The molecule has 1 aliphatic heterocycles. The molecule has 1 heterocycles. The van der Waals surface area contributed by atoms with Gasteiger partial charge in [0.2, 0.25) is 0 Å². The van der Waals surface area contributed by atoms with Gasteiger partial charge in [0.1, 0.15) is 0 Å². The Morgan fingerprint density at radius 2 is 1.93 bits per heavy atom. The molecule has 2 rings (SSSR count). The molecule has 0 aromatic rings. The molecule has 0 aromatic carbocycles. The molecule has 1 atom stereocenters. The molecule has 2 aliphatic rings. The molecule has 2 nitrogen and oxygen atoms in total. The summed E-state index contributed by atoms with van der Waals surface area (Å²) in [7, 11) is 0. The van der Waals surface area contributed by atoms with Gasteiger partial charge in [0.05, 0.1) is 6.54 Å². The third-order valence-corrected chi connectivity index (χ3v) is 3.11. The first-order chi connectivity index (χ1) is 7.04. The molecular formula is C10H17F3N2. The molecule has 1 aliphatic carbocycles. The third-order valence-electron chi connectivity index (χ3n) is 3.11. The quantitative estimate of drug-likeness (QED) is 0.782. The largest absolute Gasteiger partial charge is 0.401 e. The Morgan fingerprint density at radius 1 is 1.20 bits per heavy atom. The number of rotatable bonds is 3. The minimum Gasteiger partial charge on any atom is -0.305 e. The van der Waals surface area contributed by atoms with Gasteiger partial charge >= 0.3 is 6.18 Å². The molecule has 1 N–H and O–H groups in total. The van der Waals surface area contributed by atoms with Crippen molar-refractivity contribution in [1.29, 1.82) is 0 Å². The van der Waals surface area contributed by atoms with Crippen LogP contribution in [0.25, 0.3) is 0 Å². The van der Waals surface area contributed by atoms with Crippen molar-refractivity contribution in [1.82, 2.24) is 10.2 Å². The summed E-state index contributed by atoms with van der Waals surface area (Å²) in [6, 6.07) is 0.696. The van der Waals surface area contributed by atoms with Gasteiger partial charge in [-0.3, -0.25) is 4.90 Å². The summed E-state index contributed by atoms with van der Waals surface area (Å²) in [5.41, 5.74) is 0. The van der Waals surface area contributed by atoms with E-state index in [0.29, 0.717) is 6.04 Å². The Bertz CT molecular complexity index is 213. The van der Waals surface area contributed by atoms with Gasteiger partial charge < -0.3 is 5.32 Å². The zero-order valence-corrected chi connectivity index (χ0v) is 8.69. The van der Waals surface area contributed by atoms with Crippen LogP contribution in [0, 0.1) is 0 Å². The smallest absolute Gasteiger partial charge is 0.305 e. The molecule has 0 bridgehead atoms. The molecule has 88 valence electrons. The molecule has 0 amide bonds. The predicted octanol–water partition coefficient (Wildman–Crippen LogP) is 1.77. The van der Waals surface area contributed by atoms with Crippen LogP contribution in [-0.2, 0) is 0 Å². The van der Waals surface area contributed by atoms with Crippen LogP contribution in [0.3, 0.4) is 0 Å². The van der Waals surface area contributed by atoms with E-state index in [4.69, 9.17) is 0 Å². The van der Waals surface area contributed by atoms with Gasteiger partial charge in [0.25, 0.3) is 0 Å². The Hall–Kier alpha value is -0.290. The fourth-order valence-corrected chi connectivity index (χ4v) is 2.20. The molecule has 1 saturated heterocycles. The third kappa shape index (κ3) is 3.65. The highest BCUT2D eigenvalue weighted by atomic mass is 19.4. The van der Waals surface area contributed by atoms with E-state index in [9.17, 15) is 13.2 Å². The normalized spacial score (nSPS) is 29.4. The minimum absolute atomic E-state index is 0.0287. The van der Waals surface area contributed by atoms with Crippen LogP contribution in [0.15, 0.2) is 0 Å². The number of hydrogen-bond donors (Lipinski definition) is 1. The molecule has 0 spiro atoms. The van der Waals surface area contributed by atoms with Gasteiger partial charge in [-0.25, -0.2) is 0 Å². The lowest BCUT2D eigenvalue weighted by molar-refractivity contribution is -0.127. The van der Waals surface area contributed by atoms with E-state index in [2.05, 4.69) is 10.2 Å². The van der Waals surface area contributed by atoms with Crippen LogP contribution in [0.2, 0.25) is 0 Å². The number of halogens is 3. The number of piperidine rings is 1. The first kappa shape index (κ1) is 11.2. The Balaban J connectivity index is 1.72. The second-order valence-corrected chi connectivity index (χ2v) is 4.56. The standard InChI is InChI=1S/C10H17F3N2/c11-10(12,13)7-14-8-2-1-5-15(6-8)9-3-4-9/h8-9,14H,1-7H2. The van der Waals surface area contributed by atoms with Crippen molar-refractivity contribution in [2.24, 2.45) is 0 Å². The van der Waals surface area contributed by atoms with Gasteiger partial charge in [-0.2, -0.15) is 13.2 Å². The Morgan fingerprint density at radius 3 is 2.53 bits per heavy atom. The van der Waals surface area contributed by atoms with Crippen molar-refractivity contribution in [3.63, 3.8) is 0 Å². The average Bonchev–Trinajstić information content (AvgIpc) is 2.97. The van der Waals surface area contributed by atoms with Gasteiger partial charge in [-0.15, -0.1) is 0 Å². The van der Waals surface area contributed by atoms with Crippen LogP contribution in [0.4, 0.5) is 13.2 Å². The summed E-state index contributed by atoms with van der Waals surface area (Å²) in [5.74, 6) is 0. The van der Waals surface area contributed by atoms with Crippen molar-refractivity contribution in [2.75, 3.05) is 19.6 Å². The second kappa shape index (κ2) is 4.29. The topological polar surface area (TPSA) is 15.3 Å². The zero-order valence-electron chi connectivity index (χ0n) is 8.69. The summed E-state index contributed by atoms with van der Waals surface area (Å²) >= 11 is 0. The van der Waals surface area contributed by atoms with E-state index in [1.54, 1.807) is 0 Å². The van der Waals surface area contributed by atoms with Crippen molar-refractivity contribution >= 4 is 0 Å². The van der Waals surface area contributed by atoms with Gasteiger partial charge in [0.15, 0.2) is 0 Å². The van der Waals surface area contributed by atoms with E-state index in [-0.39, 0.29) is 6.04 Å². The number of nitrogens with one attached hydrogen (secondary N) is 1. The number of hydrogen-bond acceptors (Lipinski definition) is 2. The van der Waals surface area contributed by atoms with Gasteiger partial charge in [0, 0.05) is 18.6 Å². The minimum atomic E-state index is -4.08. The highest BCUT2D eigenvalue weighted by molar-refractivity contribution is 4.89. The SMILES string of the molecule is FC(F)(F)CNC1CCCN(C2CC2)C1. The highest BCUT2D eigenvalue weighted by Gasteiger charge is 2.34. The van der Waals surface area contributed by atoms with E-state index >= 15 is 0 Å². The fraction of sp³-hybridized carbons (Fsp3) is 1.00. The van der Waals surface area contributed by atoms with Crippen LogP contribution in [0.1, 0.15) is 25.7 Å². The van der Waals surface area contributed by atoms with E-state index < -0.39 is 12.7 Å². The summed E-state index contributed by atoms with van der Waals surface area (Å²) in [6.45, 7) is 1.01. The van der Waals surface area contributed by atoms with Crippen LogP contribution < -0.4 is 5.32 Å². The highest BCUT2D eigenvalue weighted by Crippen LogP contribution is 2.29. The lowest BCUT2D eigenvalue weighted by Gasteiger charge is -2.33. The fourth-order valence-electron chi connectivity index (χ4n) is 2.20. The summed E-state index contributed by atoms with van der Waals surface area (Å²) in [5, 5.41) is 2.61. The van der Waals surface area contributed by atoms with Crippen LogP contribution in [0.5, 0.6) is 0 Å². The van der Waals surface area contributed by atoms with Crippen molar-refractivity contribution < 1.29 is 13.2 Å². The number of likely N-dealkylation sites (tertiary alicyclic amines) is 1. The van der Waals surface area contributed by atoms with Gasteiger partial charge in [-0.1, -0.05) is 0 Å². The monoisotopic (exact) mass is 222 g/mol. The van der Waals surface area contributed by atoms with Crippen LogP contribution in [-0.4, -0.2) is 42.8 Å². The van der Waals surface area contributed by atoms with Crippen molar-refractivity contribution in [3.05, 3.63) is 0 Å². The number of nitrogens with zero attached hydrogens (tertiary/aromatic N) is 1. The first-order valence-corrected chi connectivity index (χ1v) is 5.59. The molecule has 2 fully saturated rings. The summed E-state index contributed by atoms with van der Waals surface area (Å²) < 4.78 is 36.0. The van der Waals surface area contributed by atoms with Crippen molar-refractivity contribution in [3.8, 4) is 0 Å². The first-order valence-electron chi connectivity index (χ1n) is 5.59. The maximum atomic E-state index is 12.0. The molecule has 1 unspecified atom stereocenters. The summed E-state index contributed by atoms with van der Waals surface area (Å²) in [6.07, 6.45) is 0.269. The van der Waals surface area contributed by atoms with Gasteiger partial charge in [-0.05, 0) is 32.2 Å². The molecule has 15 heavy (non-hydrogen) atoms. The van der Waals surface area contributed by atoms with E-state index in [0.717, 1.165) is 25.9 Å². The summed E-state index contributed by atoms with van der Waals surface area (Å²) in [4.78, 5) is 2.33. The van der Waals surface area contributed by atoms with E-state index in [1.165, 1.54) is 12.8 Å². The maximum absolute atomic E-state index is 12.0. The zero-order chi connectivity index (χ0) is 10.9. The Kier molecular flexibility index (Phi) is 3.21. The lowest BCUT2D eigenvalue weighted by atomic mass is 10.1. The van der Waals surface area contributed by atoms with Crippen molar-refractivity contribution in [2.45, 2.75) is 43.9 Å². The number of alkyl halides is 3. The predicted molar refractivity (Wildman–Crippen MR) is 51.7 cm³/mol. The molecule has 5 heteroatoms. The molecule has 1 saturated carbocycles. The van der Waals surface area contributed by atoms with E-state index in [1.807, 2.05) is 0 Å².